The summed E-state index contributed by atoms with van der Waals surface area (Å²) >= 11 is 0. The number of nitrogens with one attached hydrogen (secondary N) is 1. The van der Waals surface area contributed by atoms with E-state index in [9.17, 15) is 0 Å². The van der Waals surface area contributed by atoms with Gasteiger partial charge in [0.2, 0.25) is 0 Å². The van der Waals surface area contributed by atoms with Crippen molar-refractivity contribution in [2.45, 2.75) is 26.3 Å². The van der Waals surface area contributed by atoms with Gasteiger partial charge in [0.15, 0.2) is 0 Å². The first-order chi connectivity index (χ1) is 8.86. The van der Waals surface area contributed by atoms with Gasteiger partial charge in [0.1, 0.15) is 5.75 Å². The number of nitrogens with zero attached hydrogens (tertiary/aromatic N) is 1. The lowest BCUT2D eigenvalue weighted by molar-refractivity contribution is 0.344. The summed E-state index contributed by atoms with van der Waals surface area (Å²) in [7, 11) is 2.00. The van der Waals surface area contributed by atoms with Crippen LogP contribution < -0.4 is 10.1 Å². The van der Waals surface area contributed by atoms with E-state index in [1.165, 1.54) is 23.7 Å². The predicted octanol–water partition coefficient (Wildman–Crippen LogP) is 3.04. The summed E-state index contributed by atoms with van der Waals surface area (Å²) in [5.74, 6) is 0.990. The van der Waals surface area contributed by atoms with Gasteiger partial charge in [-0.2, -0.15) is 0 Å². The zero-order chi connectivity index (χ0) is 12.8. The zero-order valence-electron chi connectivity index (χ0n) is 11.3. The lowest BCUT2D eigenvalue weighted by Crippen LogP contribution is -2.08. The van der Waals surface area contributed by atoms with Crippen LogP contribution in [0.25, 0.3) is 10.9 Å². The Hall–Kier alpha value is -1.48. The molecule has 0 amide bonds. The minimum absolute atomic E-state index is 0.715. The van der Waals surface area contributed by atoms with Crippen LogP contribution in [0, 0.1) is 0 Å². The topological polar surface area (TPSA) is 26.2 Å². The van der Waals surface area contributed by atoms with Gasteiger partial charge in [0.05, 0.1) is 12.1 Å². The van der Waals surface area contributed by atoms with Crippen molar-refractivity contribution >= 4 is 10.9 Å². The van der Waals surface area contributed by atoms with Crippen molar-refractivity contribution in [2.75, 3.05) is 20.2 Å². The molecule has 0 saturated heterocycles. The highest BCUT2D eigenvalue weighted by Crippen LogP contribution is 2.26. The van der Waals surface area contributed by atoms with E-state index >= 15 is 0 Å². The lowest BCUT2D eigenvalue weighted by atomic mass is 10.2. The minimum Gasteiger partial charge on any atom is -0.493 e. The normalized spacial score (nSPS) is 11.0. The molecular formula is C15H22N2O. The molecule has 1 aromatic heterocycles. The summed E-state index contributed by atoms with van der Waals surface area (Å²) in [6.45, 7) is 4.89. The Morgan fingerprint density at radius 2 is 2.11 bits per heavy atom. The Balaban J connectivity index is 2.12. The van der Waals surface area contributed by atoms with Gasteiger partial charge in [-0.3, -0.25) is 0 Å². The first-order valence-electron chi connectivity index (χ1n) is 6.72. The monoisotopic (exact) mass is 246 g/mol. The average Bonchev–Trinajstić information content (AvgIpc) is 2.80. The molecule has 98 valence electrons. The van der Waals surface area contributed by atoms with Crippen molar-refractivity contribution in [3.05, 3.63) is 30.5 Å². The SMILES string of the molecule is CCOc1cccc2c1ccn2CCCCNC. The van der Waals surface area contributed by atoms with E-state index in [1.807, 2.05) is 20.0 Å². The van der Waals surface area contributed by atoms with E-state index in [4.69, 9.17) is 4.74 Å². The number of fused-ring (bicyclic) bond motifs is 1. The molecule has 0 fully saturated rings. The van der Waals surface area contributed by atoms with Gasteiger partial charge in [-0.05, 0) is 51.6 Å². The maximum atomic E-state index is 5.65. The summed E-state index contributed by atoms with van der Waals surface area (Å²) in [6.07, 6.45) is 4.57. The molecule has 0 radical (unpaired) electrons. The Bertz CT molecular complexity index is 490. The van der Waals surface area contributed by atoms with E-state index in [1.54, 1.807) is 0 Å². The van der Waals surface area contributed by atoms with Crippen LogP contribution in [0.1, 0.15) is 19.8 Å². The predicted molar refractivity (Wildman–Crippen MR) is 76.3 cm³/mol. The Morgan fingerprint density at radius 1 is 1.22 bits per heavy atom. The molecule has 0 atom stereocenters. The maximum Gasteiger partial charge on any atom is 0.128 e. The van der Waals surface area contributed by atoms with Crippen LogP contribution in [0.15, 0.2) is 30.5 Å². The van der Waals surface area contributed by atoms with Gasteiger partial charge >= 0.3 is 0 Å². The van der Waals surface area contributed by atoms with E-state index in [0.717, 1.165) is 18.8 Å². The molecule has 3 heteroatoms. The van der Waals surface area contributed by atoms with Gasteiger partial charge < -0.3 is 14.6 Å². The van der Waals surface area contributed by atoms with E-state index in [-0.39, 0.29) is 0 Å². The molecule has 0 saturated carbocycles. The fourth-order valence-corrected chi connectivity index (χ4v) is 2.26. The third-order valence-electron chi connectivity index (χ3n) is 3.15. The van der Waals surface area contributed by atoms with Gasteiger partial charge in [-0.1, -0.05) is 6.07 Å². The van der Waals surface area contributed by atoms with Crippen molar-refractivity contribution in [1.29, 1.82) is 0 Å². The molecule has 1 heterocycles. The second kappa shape index (κ2) is 6.45. The lowest BCUT2D eigenvalue weighted by Gasteiger charge is -2.07. The van der Waals surface area contributed by atoms with Crippen molar-refractivity contribution in [3.8, 4) is 5.75 Å². The number of benzene rings is 1. The van der Waals surface area contributed by atoms with E-state index < -0.39 is 0 Å². The Morgan fingerprint density at radius 3 is 2.89 bits per heavy atom. The third-order valence-corrected chi connectivity index (χ3v) is 3.15. The number of ether oxygens (including phenoxy) is 1. The maximum absolute atomic E-state index is 5.65. The molecule has 0 unspecified atom stereocenters. The number of rotatable bonds is 7. The Labute approximate surface area is 109 Å². The molecule has 18 heavy (non-hydrogen) atoms. The largest absolute Gasteiger partial charge is 0.493 e. The molecule has 1 N–H and O–H groups in total. The van der Waals surface area contributed by atoms with Gasteiger partial charge in [-0.15, -0.1) is 0 Å². The van der Waals surface area contributed by atoms with Crippen LogP contribution in [-0.2, 0) is 6.54 Å². The van der Waals surface area contributed by atoms with E-state index in [2.05, 4.69) is 34.3 Å². The summed E-state index contributed by atoms with van der Waals surface area (Å²) in [5.41, 5.74) is 1.27. The van der Waals surface area contributed by atoms with Crippen molar-refractivity contribution in [1.82, 2.24) is 9.88 Å². The van der Waals surface area contributed by atoms with Crippen molar-refractivity contribution < 1.29 is 4.74 Å². The number of unbranched alkanes of at least 4 members (excludes halogenated alkanes) is 1. The highest BCUT2D eigenvalue weighted by molar-refractivity contribution is 5.86. The molecule has 0 spiro atoms. The standard InChI is InChI=1S/C15H22N2O/c1-3-18-15-8-6-7-14-13(15)9-12-17(14)11-5-4-10-16-2/h6-9,12,16H,3-5,10-11H2,1-2H3. The van der Waals surface area contributed by atoms with Crippen LogP contribution in [0.5, 0.6) is 5.75 Å². The summed E-state index contributed by atoms with van der Waals surface area (Å²) in [6, 6.07) is 8.42. The zero-order valence-corrected chi connectivity index (χ0v) is 11.3. The van der Waals surface area contributed by atoms with Gasteiger partial charge in [0, 0.05) is 18.1 Å². The average molecular weight is 246 g/mol. The molecule has 0 aliphatic rings. The third kappa shape index (κ3) is 2.85. The molecule has 0 aliphatic heterocycles. The number of hydrogen-bond acceptors (Lipinski definition) is 2. The minimum atomic E-state index is 0.715. The van der Waals surface area contributed by atoms with Crippen LogP contribution in [0.3, 0.4) is 0 Å². The molecule has 3 nitrogen and oxygen atoms in total. The quantitative estimate of drug-likeness (QED) is 0.760. The number of aryl methyl sites for hydroxylation is 1. The van der Waals surface area contributed by atoms with Crippen LogP contribution >= 0.6 is 0 Å². The second-order valence-corrected chi connectivity index (χ2v) is 4.44. The van der Waals surface area contributed by atoms with Crippen molar-refractivity contribution in [2.24, 2.45) is 0 Å². The van der Waals surface area contributed by atoms with Gasteiger partial charge in [-0.25, -0.2) is 0 Å². The summed E-state index contributed by atoms with van der Waals surface area (Å²) in [4.78, 5) is 0. The molecule has 2 aromatic rings. The van der Waals surface area contributed by atoms with E-state index in [0.29, 0.717) is 6.61 Å². The number of aromatic nitrogens is 1. The molecule has 2 rings (SSSR count). The smallest absolute Gasteiger partial charge is 0.128 e. The van der Waals surface area contributed by atoms with Crippen LogP contribution in [0.2, 0.25) is 0 Å². The van der Waals surface area contributed by atoms with Gasteiger partial charge in [0.25, 0.3) is 0 Å². The molecule has 0 aliphatic carbocycles. The summed E-state index contributed by atoms with van der Waals surface area (Å²) in [5, 5.41) is 4.40. The van der Waals surface area contributed by atoms with Crippen molar-refractivity contribution in [3.63, 3.8) is 0 Å². The second-order valence-electron chi connectivity index (χ2n) is 4.44. The molecule has 1 aromatic carbocycles. The number of hydrogen-bond donors (Lipinski definition) is 1. The fourth-order valence-electron chi connectivity index (χ4n) is 2.26. The van der Waals surface area contributed by atoms with Crippen LogP contribution in [-0.4, -0.2) is 24.8 Å². The molecular weight excluding hydrogens is 224 g/mol. The molecule has 0 bridgehead atoms. The summed E-state index contributed by atoms with van der Waals surface area (Å²) < 4.78 is 7.97. The Kier molecular flexibility index (Phi) is 4.65. The fraction of sp³-hybridized carbons (Fsp3) is 0.467. The highest BCUT2D eigenvalue weighted by Gasteiger charge is 2.05. The first-order valence-corrected chi connectivity index (χ1v) is 6.72. The highest BCUT2D eigenvalue weighted by atomic mass is 16.5. The van der Waals surface area contributed by atoms with Crippen LogP contribution in [0.4, 0.5) is 0 Å². The first kappa shape index (κ1) is 13.0.